The van der Waals surface area contributed by atoms with Crippen molar-refractivity contribution in [1.82, 2.24) is 0 Å². The van der Waals surface area contributed by atoms with Gasteiger partial charge in [-0.05, 0) is 25.1 Å². The van der Waals surface area contributed by atoms with Crippen LogP contribution in [0.25, 0.3) is 0 Å². The molecule has 0 aliphatic carbocycles. The van der Waals surface area contributed by atoms with Crippen LogP contribution in [0.4, 0.5) is 5.69 Å². The van der Waals surface area contributed by atoms with Crippen molar-refractivity contribution in [3.05, 3.63) is 29.3 Å². The summed E-state index contributed by atoms with van der Waals surface area (Å²) in [5.41, 5.74) is 1.14. The largest absolute Gasteiger partial charge is 0.466 e. The highest BCUT2D eigenvalue weighted by Crippen LogP contribution is 2.17. The van der Waals surface area contributed by atoms with Gasteiger partial charge in [0.25, 0.3) is 0 Å². The molecular weight excluding hydrogens is 387 g/mol. The van der Waals surface area contributed by atoms with Crippen LogP contribution in [0.1, 0.15) is 36.2 Å². The molecule has 0 bridgehead atoms. The first kappa shape index (κ1) is 19.2. The van der Waals surface area contributed by atoms with E-state index in [1.807, 2.05) is 0 Å². The number of ketones is 1. The van der Waals surface area contributed by atoms with Crippen LogP contribution in [0, 0.1) is 5.41 Å². The van der Waals surface area contributed by atoms with Gasteiger partial charge in [0, 0.05) is 30.0 Å². The topological polar surface area (TPSA) is 96.3 Å². The lowest BCUT2D eigenvalue weighted by atomic mass is 10.0. The average molecular weight is 404 g/mol. The molecular formula is C14H17IN2O4. The maximum atomic E-state index is 11.9. The van der Waals surface area contributed by atoms with Gasteiger partial charge >= 0.3 is 5.97 Å². The van der Waals surface area contributed by atoms with E-state index < -0.39 is 5.97 Å². The fourth-order valence-corrected chi connectivity index (χ4v) is 1.60. The van der Waals surface area contributed by atoms with Gasteiger partial charge in [-0.1, -0.05) is 0 Å². The summed E-state index contributed by atoms with van der Waals surface area (Å²) in [4.78, 5) is 34.1. The van der Waals surface area contributed by atoms with Crippen LogP contribution in [0.2, 0.25) is 0 Å². The molecule has 0 radical (unpaired) electrons. The number of carbonyl (C=O) groups is 3. The van der Waals surface area contributed by atoms with Gasteiger partial charge in [-0.2, -0.15) is 0 Å². The van der Waals surface area contributed by atoms with Crippen LogP contribution in [-0.2, 0) is 14.3 Å². The molecule has 0 aromatic heterocycles. The summed E-state index contributed by atoms with van der Waals surface area (Å²) >= 11 is 0. The van der Waals surface area contributed by atoms with Gasteiger partial charge in [0.1, 0.15) is 6.42 Å². The summed E-state index contributed by atoms with van der Waals surface area (Å²) in [7, 11) is 0. The molecule has 0 heterocycles. The van der Waals surface area contributed by atoms with Gasteiger partial charge in [-0.3, -0.25) is 14.4 Å². The molecule has 0 aliphatic rings. The van der Waals surface area contributed by atoms with Gasteiger partial charge in [-0.25, -0.2) is 0 Å². The number of hydrogen-bond donors (Lipinski definition) is 2. The third-order valence-corrected chi connectivity index (χ3v) is 2.45. The first-order valence-corrected chi connectivity index (χ1v) is 6.08. The summed E-state index contributed by atoms with van der Waals surface area (Å²) in [6, 6.07) is 4.49. The molecule has 2 N–H and O–H groups in total. The Balaban J connectivity index is 0.00000400. The molecule has 6 nitrogen and oxygen atoms in total. The number of hydrogen-bond acceptors (Lipinski definition) is 5. The lowest BCUT2D eigenvalue weighted by Crippen LogP contribution is -2.13. The third kappa shape index (κ3) is 6.03. The van der Waals surface area contributed by atoms with Crippen LogP contribution in [0.5, 0.6) is 0 Å². The van der Waals surface area contributed by atoms with Crippen LogP contribution in [0.3, 0.4) is 0 Å². The number of Topliss-reactive ketones (excluding diaryl/α,β-unsaturated/α-hetero) is 1. The van der Waals surface area contributed by atoms with Crippen molar-refractivity contribution in [2.75, 3.05) is 11.9 Å². The Bertz CT molecular complexity index is 558. The molecule has 0 fully saturated rings. The fourth-order valence-electron chi connectivity index (χ4n) is 1.60. The molecule has 0 spiro atoms. The molecule has 7 heteroatoms. The lowest BCUT2D eigenvalue weighted by molar-refractivity contribution is -0.142. The summed E-state index contributed by atoms with van der Waals surface area (Å²) in [6.07, 6.45) is 0.692. The zero-order valence-electron chi connectivity index (χ0n) is 11.8. The predicted molar refractivity (Wildman–Crippen MR) is 89.6 cm³/mol. The molecule has 0 atom stereocenters. The standard InChI is InChI=1S/C14H16N2O4.HI/c1-3-20-14(19)7-13(18)10-4-5-12(16-9(2)17)11(6-10)8-15;/h4-6,8,15H,3,7H2,1-2H3,(H,16,17);1H. The number of anilines is 1. The molecule has 114 valence electrons. The third-order valence-electron chi connectivity index (χ3n) is 2.45. The van der Waals surface area contributed by atoms with Gasteiger partial charge in [-0.15, -0.1) is 24.0 Å². The monoisotopic (exact) mass is 404 g/mol. The van der Waals surface area contributed by atoms with Crippen molar-refractivity contribution in [2.24, 2.45) is 0 Å². The molecule has 1 aromatic carbocycles. The highest BCUT2D eigenvalue weighted by molar-refractivity contribution is 14.0. The number of ether oxygens (including phenoxy) is 1. The van der Waals surface area contributed by atoms with E-state index in [2.05, 4.69) is 5.32 Å². The SMILES string of the molecule is CCOC(=O)CC(=O)c1ccc(NC(C)=O)c(C=N)c1.I. The molecule has 0 saturated heterocycles. The molecule has 0 unspecified atom stereocenters. The second kappa shape index (κ2) is 9.22. The van der Waals surface area contributed by atoms with E-state index in [1.165, 1.54) is 25.1 Å². The number of esters is 1. The van der Waals surface area contributed by atoms with Crippen molar-refractivity contribution in [1.29, 1.82) is 5.41 Å². The highest BCUT2D eigenvalue weighted by Gasteiger charge is 2.14. The molecule has 1 amide bonds. The van der Waals surface area contributed by atoms with E-state index >= 15 is 0 Å². The number of halogens is 1. The summed E-state index contributed by atoms with van der Waals surface area (Å²) in [5, 5.41) is 9.85. The minimum absolute atomic E-state index is 0. The van der Waals surface area contributed by atoms with Crippen LogP contribution in [-0.4, -0.2) is 30.5 Å². The van der Waals surface area contributed by atoms with Gasteiger partial charge < -0.3 is 15.5 Å². The van der Waals surface area contributed by atoms with E-state index in [1.54, 1.807) is 6.92 Å². The minimum Gasteiger partial charge on any atom is -0.466 e. The van der Waals surface area contributed by atoms with Gasteiger partial charge in [0.05, 0.1) is 6.61 Å². The molecule has 0 aliphatic heterocycles. The minimum atomic E-state index is -0.583. The second-order valence-electron chi connectivity index (χ2n) is 4.03. The Kier molecular flexibility index (Phi) is 8.44. The molecule has 0 saturated carbocycles. The highest BCUT2D eigenvalue weighted by atomic mass is 127. The Morgan fingerprint density at radius 1 is 1.33 bits per heavy atom. The normalized spacial score (nSPS) is 9.24. The Hall–Kier alpha value is -1.77. The van der Waals surface area contributed by atoms with E-state index in [9.17, 15) is 14.4 Å². The maximum absolute atomic E-state index is 11.9. The van der Waals surface area contributed by atoms with Gasteiger partial charge in [0.15, 0.2) is 5.78 Å². The Labute approximate surface area is 139 Å². The number of carbonyl (C=O) groups excluding carboxylic acids is 3. The Morgan fingerprint density at radius 3 is 2.52 bits per heavy atom. The van der Waals surface area contributed by atoms with Crippen LogP contribution < -0.4 is 5.32 Å². The summed E-state index contributed by atoms with van der Waals surface area (Å²) < 4.78 is 4.71. The smallest absolute Gasteiger partial charge is 0.313 e. The lowest BCUT2D eigenvalue weighted by Gasteiger charge is -2.08. The molecule has 1 aromatic rings. The van der Waals surface area contributed by atoms with E-state index in [4.69, 9.17) is 10.1 Å². The summed E-state index contributed by atoms with van der Waals surface area (Å²) in [6.45, 7) is 3.24. The number of rotatable bonds is 6. The Morgan fingerprint density at radius 2 is 2.00 bits per heavy atom. The zero-order chi connectivity index (χ0) is 15.1. The first-order valence-electron chi connectivity index (χ1n) is 6.08. The maximum Gasteiger partial charge on any atom is 0.313 e. The number of benzene rings is 1. The van der Waals surface area contributed by atoms with Crippen molar-refractivity contribution in [3.8, 4) is 0 Å². The molecule has 1 rings (SSSR count). The van der Waals surface area contributed by atoms with Crippen molar-refractivity contribution >= 4 is 53.5 Å². The van der Waals surface area contributed by atoms with Crippen LogP contribution in [0.15, 0.2) is 18.2 Å². The average Bonchev–Trinajstić information content (AvgIpc) is 2.38. The van der Waals surface area contributed by atoms with Gasteiger partial charge in [0.2, 0.25) is 5.91 Å². The van der Waals surface area contributed by atoms with Crippen molar-refractivity contribution in [2.45, 2.75) is 20.3 Å². The second-order valence-corrected chi connectivity index (χ2v) is 4.03. The van der Waals surface area contributed by atoms with Crippen molar-refractivity contribution < 1.29 is 19.1 Å². The van der Waals surface area contributed by atoms with Crippen LogP contribution >= 0.6 is 24.0 Å². The zero-order valence-corrected chi connectivity index (χ0v) is 14.1. The predicted octanol–water partition coefficient (Wildman–Crippen LogP) is 2.40. The summed E-state index contributed by atoms with van der Waals surface area (Å²) in [5.74, 6) is -1.24. The quantitative estimate of drug-likeness (QED) is 0.250. The van der Waals surface area contributed by atoms with Crippen molar-refractivity contribution in [3.63, 3.8) is 0 Å². The van der Waals surface area contributed by atoms with E-state index in [0.717, 1.165) is 6.21 Å². The molecule has 21 heavy (non-hydrogen) atoms. The number of amides is 1. The first-order chi connectivity index (χ1) is 9.47. The number of nitrogens with one attached hydrogen (secondary N) is 2. The van der Waals surface area contributed by atoms with E-state index in [-0.39, 0.29) is 48.7 Å². The van der Waals surface area contributed by atoms with E-state index in [0.29, 0.717) is 16.8 Å². The fraction of sp³-hybridized carbons (Fsp3) is 0.286.